The van der Waals surface area contributed by atoms with E-state index in [0.29, 0.717) is 13.1 Å². The Bertz CT molecular complexity index is 807. The quantitative estimate of drug-likeness (QED) is 0.454. The van der Waals surface area contributed by atoms with Crippen molar-refractivity contribution < 1.29 is 4.79 Å². The Labute approximate surface area is 176 Å². The van der Waals surface area contributed by atoms with Crippen LogP contribution in [0, 0.1) is 5.92 Å². The van der Waals surface area contributed by atoms with E-state index in [-0.39, 0.29) is 11.8 Å². The number of carbonyl (C=O) groups excluding carboxylic acids is 1. The van der Waals surface area contributed by atoms with Gasteiger partial charge in [-0.25, -0.2) is 9.98 Å². The Hall–Kier alpha value is -2.61. The molecule has 1 atom stereocenters. The van der Waals surface area contributed by atoms with Crippen LogP contribution in [-0.2, 0) is 17.8 Å². The van der Waals surface area contributed by atoms with E-state index in [4.69, 9.17) is 10.7 Å². The van der Waals surface area contributed by atoms with Crippen molar-refractivity contribution in [3.05, 3.63) is 46.3 Å². The molecule has 4 N–H and O–H groups in total. The second kappa shape index (κ2) is 10.8. The topological polar surface area (TPSA) is 95.6 Å². The van der Waals surface area contributed by atoms with Gasteiger partial charge in [0.1, 0.15) is 5.82 Å². The van der Waals surface area contributed by atoms with E-state index in [9.17, 15) is 4.79 Å². The van der Waals surface area contributed by atoms with Gasteiger partial charge in [-0.15, -0.1) is 11.3 Å². The van der Waals surface area contributed by atoms with Crippen LogP contribution in [-0.4, -0.2) is 43.0 Å². The standard InChI is InChI=1S/C21H30N6OS/c1-2-23-21(25-11-9-18-8-5-13-29-18)26-14-16-6-3-10-24-20(16)27-12-4-7-17(15-27)19(22)28/h3,5-6,8,10,13,17H,2,4,7,9,11-12,14-15H2,1H3,(H2,22,28)(H2,23,25,26). The number of anilines is 1. The number of rotatable bonds is 8. The van der Waals surface area contributed by atoms with Crippen LogP contribution in [0.1, 0.15) is 30.2 Å². The minimum Gasteiger partial charge on any atom is -0.369 e. The Morgan fingerprint density at radius 2 is 2.28 bits per heavy atom. The van der Waals surface area contributed by atoms with E-state index < -0.39 is 0 Å². The van der Waals surface area contributed by atoms with Gasteiger partial charge in [0.2, 0.25) is 5.91 Å². The summed E-state index contributed by atoms with van der Waals surface area (Å²) >= 11 is 1.77. The fourth-order valence-corrected chi connectivity index (χ4v) is 4.21. The predicted octanol–water partition coefficient (Wildman–Crippen LogP) is 2.14. The summed E-state index contributed by atoms with van der Waals surface area (Å²) in [7, 11) is 0. The van der Waals surface area contributed by atoms with Crippen molar-refractivity contribution in [2.45, 2.75) is 32.7 Å². The van der Waals surface area contributed by atoms with E-state index >= 15 is 0 Å². The van der Waals surface area contributed by atoms with E-state index in [0.717, 1.165) is 56.2 Å². The highest BCUT2D eigenvalue weighted by atomic mass is 32.1. The zero-order valence-corrected chi connectivity index (χ0v) is 17.8. The van der Waals surface area contributed by atoms with Crippen LogP contribution >= 0.6 is 11.3 Å². The highest BCUT2D eigenvalue weighted by molar-refractivity contribution is 7.09. The third-order valence-corrected chi connectivity index (χ3v) is 5.92. The molecule has 1 fully saturated rings. The van der Waals surface area contributed by atoms with E-state index in [1.807, 2.05) is 6.07 Å². The molecule has 3 heterocycles. The first-order valence-electron chi connectivity index (χ1n) is 10.2. The molecule has 1 unspecified atom stereocenters. The maximum Gasteiger partial charge on any atom is 0.222 e. The molecule has 0 radical (unpaired) electrons. The molecule has 1 saturated heterocycles. The lowest BCUT2D eigenvalue weighted by atomic mass is 9.97. The zero-order chi connectivity index (χ0) is 20.5. The second-order valence-corrected chi connectivity index (χ2v) is 8.16. The Morgan fingerprint density at radius 3 is 3.03 bits per heavy atom. The van der Waals surface area contributed by atoms with E-state index in [2.05, 4.69) is 51.0 Å². The molecule has 0 spiro atoms. The van der Waals surface area contributed by atoms with E-state index in [1.54, 1.807) is 17.5 Å². The third-order valence-electron chi connectivity index (χ3n) is 4.99. The van der Waals surface area contributed by atoms with Crippen molar-refractivity contribution in [2.75, 3.05) is 31.1 Å². The van der Waals surface area contributed by atoms with Gasteiger partial charge in [0.25, 0.3) is 0 Å². The minimum absolute atomic E-state index is 0.113. The van der Waals surface area contributed by atoms with Crippen LogP contribution in [0.25, 0.3) is 0 Å². The second-order valence-electron chi connectivity index (χ2n) is 7.12. The van der Waals surface area contributed by atoms with Crippen molar-refractivity contribution in [1.29, 1.82) is 0 Å². The first kappa shape index (κ1) is 21.1. The lowest BCUT2D eigenvalue weighted by Crippen LogP contribution is -2.42. The summed E-state index contributed by atoms with van der Waals surface area (Å²) in [5.74, 6) is 1.36. The van der Waals surface area contributed by atoms with Gasteiger partial charge in [-0.3, -0.25) is 4.79 Å². The number of piperidine rings is 1. The molecule has 0 bridgehead atoms. The molecule has 1 amide bonds. The lowest BCUT2D eigenvalue weighted by molar-refractivity contribution is -0.122. The van der Waals surface area contributed by atoms with Crippen molar-refractivity contribution in [3.63, 3.8) is 0 Å². The van der Waals surface area contributed by atoms with Gasteiger partial charge < -0.3 is 21.3 Å². The summed E-state index contributed by atoms with van der Waals surface area (Å²) in [5, 5.41) is 8.80. The fraction of sp³-hybridized carbons (Fsp3) is 0.476. The zero-order valence-electron chi connectivity index (χ0n) is 16.9. The molecule has 3 rings (SSSR count). The molecule has 7 nitrogen and oxygen atoms in total. The van der Waals surface area contributed by atoms with Crippen molar-refractivity contribution >= 4 is 29.0 Å². The number of amides is 1. The number of nitrogens with two attached hydrogens (primary N) is 1. The number of hydrogen-bond acceptors (Lipinski definition) is 5. The molecule has 1 aliphatic heterocycles. The largest absolute Gasteiger partial charge is 0.369 e. The summed E-state index contributed by atoms with van der Waals surface area (Å²) in [6, 6.07) is 8.21. The first-order valence-corrected chi connectivity index (χ1v) is 11.1. The van der Waals surface area contributed by atoms with Crippen LogP contribution in [0.2, 0.25) is 0 Å². The summed E-state index contributed by atoms with van der Waals surface area (Å²) in [5.41, 5.74) is 6.58. The van der Waals surface area contributed by atoms with Gasteiger partial charge in [0.15, 0.2) is 5.96 Å². The number of thiophene rings is 1. The number of hydrogen-bond donors (Lipinski definition) is 3. The predicted molar refractivity (Wildman–Crippen MR) is 119 cm³/mol. The number of guanidine groups is 1. The molecular weight excluding hydrogens is 384 g/mol. The third kappa shape index (κ3) is 6.19. The highest BCUT2D eigenvalue weighted by Gasteiger charge is 2.25. The number of pyridine rings is 1. The normalized spacial score (nSPS) is 17.2. The molecule has 8 heteroatoms. The SMILES string of the molecule is CCNC(=NCc1cccnc1N1CCCC(C(N)=O)C1)NCCc1cccs1. The van der Waals surface area contributed by atoms with Crippen LogP contribution in [0.3, 0.4) is 0 Å². The summed E-state index contributed by atoms with van der Waals surface area (Å²) in [4.78, 5) is 24.5. The maximum absolute atomic E-state index is 11.6. The number of nitrogens with zero attached hydrogens (tertiary/aromatic N) is 3. The highest BCUT2D eigenvalue weighted by Crippen LogP contribution is 2.24. The van der Waals surface area contributed by atoms with Crippen LogP contribution in [0.5, 0.6) is 0 Å². The van der Waals surface area contributed by atoms with Crippen molar-refractivity contribution in [3.8, 4) is 0 Å². The minimum atomic E-state index is -0.227. The molecule has 0 saturated carbocycles. The van der Waals surface area contributed by atoms with Gasteiger partial charge in [0.05, 0.1) is 12.5 Å². The number of nitrogens with one attached hydrogen (secondary N) is 2. The maximum atomic E-state index is 11.6. The Morgan fingerprint density at radius 1 is 1.38 bits per heavy atom. The molecule has 2 aromatic rings. The number of primary amides is 1. The molecule has 156 valence electrons. The summed E-state index contributed by atoms with van der Waals surface area (Å²) in [6.45, 7) is 5.73. The Balaban J connectivity index is 1.65. The first-order chi connectivity index (χ1) is 14.2. The molecule has 29 heavy (non-hydrogen) atoms. The molecular formula is C21H30N6OS. The fourth-order valence-electron chi connectivity index (χ4n) is 3.51. The number of carbonyl (C=O) groups is 1. The van der Waals surface area contributed by atoms with Crippen LogP contribution < -0.4 is 21.3 Å². The number of aromatic nitrogens is 1. The van der Waals surface area contributed by atoms with Crippen LogP contribution in [0.4, 0.5) is 5.82 Å². The monoisotopic (exact) mass is 414 g/mol. The molecule has 2 aromatic heterocycles. The average molecular weight is 415 g/mol. The lowest BCUT2D eigenvalue weighted by Gasteiger charge is -2.33. The van der Waals surface area contributed by atoms with Crippen molar-refractivity contribution in [2.24, 2.45) is 16.6 Å². The average Bonchev–Trinajstić information content (AvgIpc) is 3.26. The molecule has 0 aromatic carbocycles. The number of aliphatic imine (C=N–C) groups is 1. The van der Waals surface area contributed by atoms with Gasteiger partial charge in [-0.05, 0) is 43.7 Å². The van der Waals surface area contributed by atoms with E-state index in [1.165, 1.54) is 4.88 Å². The Kier molecular flexibility index (Phi) is 7.86. The smallest absolute Gasteiger partial charge is 0.222 e. The molecule has 1 aliphatic rings. The van der Waals surface area contributed by atoms with Gasteiger partial charge in [-0.1, -0.05) is 12.1 Å². The van der Waals surface area contributed by atoms with Gasteiger partial charge in [-0.2, -0.15) is 0 Å². The summed E-state index contributed by atoms with van der Waals surface area (Å²) in [6.07, 6.45) is 4.56. The molecule has 0 aliphatic carbocycles. The van der Waals surface area contributed by atoms with Crippen LogP contribution in [0.15, 0.2) is 40.8 Å². The van der Waals surface area contributed by atoms with Crippen molar-refractivity contribution in [1.82, 2.24) is 15.6 Å². The van der Waals surface area contributed by atoms with Gasteiger partial charge in [0, 0.05) is 42.8 Å². The van der Waals surface area contributed by atoms with Gasteiger partial charge >= 0.3 is 0 Å². The summed E-state index contributed by atoms with van der Waals surface area (Å²) < 4.78 is 0.